The number of rotatable bonds is 31. The second-order valence-electron chi connectivity index (χ2n) is 12.2. The smallest absolute Gasteiger partial charge is 0.249 e. The summed E-state index contributed by atoms with van der Waals surface area (Å²) in [5, 5.41) is 43.3. The first-order valence-corrected chi connectivity index (χ1v) is 17.6. The van der Waals surface area contributed by atoms with Crippen LogP contribution < -0.4 is 5.32 Å². The lowest BCUT2D eigenvalue weighted by Gasteiger charge is -2.27. The molecule has 0 aromatic rings. The molecule has 0 bridgehead atoms. The van der Waals surface area contributed by atoms with Gasteiger partial charge in [-0.05, 0) is 38.5 Å². The van der Waals surface area contributed by atoms with Crippen molar-refractivity contribution in [3.05, 3.63) is 12.2 Å². The van der Waals surface area contributed by atoms with Crippen LogP contribution in [0.5, 0.6) is 0 Å². The molecule has 0 spiro atoms. The number of nitrogens with one attached hydrogen (secondary N) is 1. The number of hydrogen-bond donors (Lipinski definition) is 5. The van der Waals surface area contributed by atoms with E-state index in [1.807, 2.05) is 0 Å². The highest BCUT2D eigenvalue weighted by Gasteiger charge is 2.28. The normalized spacial score (nSPS) is 14.8. The number of aliphatic hydroxyl groups excluding tert-OH is 4. The minimum atomic E-state index is -1.25. The Morgan fingerprint density at radius 2 is 0.976 bits per heavy atom. The van der Waals surface area contributed by atoms with Crippen LogP contribution in [0.15, 0.2) is 12.2 Å². The summed E-state index contributed by atoms with van der Waals surface area (Å²) in [4.78, 5) is 12.4. The van der Waals surface area contributed by atoms with Crippen molar-refractivity contribution in [1.29, 1.82) is 0 Å². The fourth-order valence-corrected chi connectivity index (χ4v) is 5.34. The van der Waals surface area contributed by atoms with Crippen LogP contribution in [-0.4, -0.2) is 57.3 Å². The zero-order valence-electron chi connectivity index (χ0n) is 27.0. The minimum absolute atomic E-state index is 0.363. The number of unbranched alkanes of at least 4 members (excludes halogenated alkanes) is 20. The Labute approximate surface area is 253 Å². The van der Waals surface area contributed by atoms with E-state index in [-0.39, 0.29) is 0 Å². The highest BCUT2D eigenvalue weighted by molar-refractivity contribution is 5.80. The summed E-state index contributed by atoms with van der Waals surface area (Å²) in [6.45, 7) is 3.99. The second-order valence-corrected chi connectivity index (χ2v) is 12.2. The first-order chi connectivity index (χ1) is 20.0. The lowest BCUT2D eigenvalue weighted by Crippen LogP contribution is -2.53. The second kappa shape index (κ2) is 30.5. The maximum Gasteiger partial charge on any atom is 0.249 e. The Kier molecular flexibility index (Phi) is 29.8. The number of amides is 1. The average molecular weight is 584 g/mol. The lowest BCUT2D eigenvalue weighted by atomic mass is 9.99. The molecule has 0 saturated carbocycles. The van der Waals surface area contributed by atoms with E-state index < -0.39 is 36.9 Å². The van der Waals surface area contributed by atoms with E-state index in [1.54, 1.807) is 0 Å². The molecule has 4 unspecified atom stereocenters. The maximum absolute atomic E-state index is 12.4. The number of carbonyl (C=O) groups excluding carboxylic acids is 1. The topological polar surface area (TPSA) is 110 Å². The molecule has 6 heteroatoms. The first kappa shape index (κ1) is 40.1. The number of carbonyl (C=O) groups is 1. The Morgan fingerprint density at radius 3 is 1.44 bits per heavy atom. The molecular formula is C35H69NO5. The van der Waals surface area contributed by atoms with Crippen molar-refractivity contribution in [2.75, 3.05) is 6.61 Å². The van der Waals surface area contributed by atoms with E-state index in [4.69, 9.17) is 0 Å². The zero-order chi connectivity index (χ0) is 30.4. The van der Waals surface area contributed by atoms with Gasteiger partial charge < -0.3 is 25.7 Å². The van der Waals surface area contributed by atoms with Crippen molar-refractivity contribution in [1.82, 2.24) is 5.32 Å². The standard InChI is InChI=1S/C35H69NO5/c1-3-5-7-9-11-13-15-16-17-19-21-23-25-27-29-33(39)35(41)36-31(30-37)34(40)32(38)28-26-24-22-20-18-14-12-10-8-6-4-2/h13,15,31-34,37-40H,3-12,14,16-30H2,1-2H3,(H,36,41)/b15-13-. The molecule has 0 aliphatic carbocycles. The van der Waals surface area contributed by atoms with E-state index in [1.165, 1.54) is 103 Å². The molecule has 5 N–H and O–H groups in total. The van der Waals surface area contributed by atoms with Gasteiger partial charge in [-0.3, -0.25) is 4.79 Å². The van der Waals surface area contributed by atoms with Crippen molar-refractivity contribution >= 4 is 5.91 Å². The summed E-state index contributed by atoms with van der Waals surface area (Å²) in [5.74, 6) is -0.591. The van der Waals surface area contributed by atoms with Crippen LogP contribution in [0.2, 0.25) is 0 Å². The molecule has 6 nitrogen and oxygen atoms in total. The van der Waals surface area contributed by atoms with Crippen molar-refractivity contribution in [3.63, 3.8) is 0 Å². The highest BCUT2D eigenvalue weighted by Crippen LogP contribution is 2.15. The van der Waals surface area contributed by atoms with Crippen molar-refractivity contribution < 1.29 is 25.2 Å². The fraction of sp³-hybridized carbons (Fsp3) is 0.914. The van der Waals surface area contributed by atoms with Crippen LogP contribution in [0.3, 0.4) is 0 Å². The number of aliphatic hydroxyl groups is 4. The number of allylic oxidation sites excluding steroid dienone is 2. The molecule has 0 saturated heterocycles. The van der Waals surface area contributed by atoms with Gasteiger partial charge in [0.25, 0.3) is 0 Å². The van der Waals surface area contributed by atoms with Gasteiger partial charge in [0.1, 0.15) is 12.2 Å². The summed E-state index contributed by atoms with van der Waals surface area (Å²) in [6, 6.07) is -0.981. The summed E-state index contributed by atoms with van der Waals surface area (Å²) in [6.07, 6.45) is 29.4. The van der Waals surface area contributed by atoms with Crippen LogP contribution in [0.1, 0.15) is 174 Å². The molecule has 4 atom stereocenters. The molecule has 41 heavy (non-hydrogen) atoms. The maximum atomic E-state index is 12.4. The molecule has 0 aromatic carbocycles. The Morgan fingerprint density at radius 1 is 0.585 bits per heavy atom. The van der Waals surface area contributed by atoms with Gasteiger partial charge in [-0.2, -0.15) is 0 Å². The van der Waals surface area contributed by atoms with E-state index >= 15 is 0 Å². The van der Waals surface area contributed by atoms with Gasteiger partial charge in [-0.1, -0.05) is 148 Å². The van der Waals surface area contributed by atoms with Gasteiger partial charge in [0, 0.05) is 0 Å². The van der Waals surface area contributed by atoms with Gasteiger partial charge in [0.2, 0.25) is 5.91 Å². The molecule has 0 fully saturated rings. The average Bonchev–Trinajstić information content (AvgIpc) is 2.98. The highest BCUT2D eigenvalue weighted by atomic mass is 16.3. The summed E-state index contributed by atoms with van der Waals surface area (Å²) in [7, 11) is 0. The predicted molar refractivity (Wildman–Crippen MR) is 173 cm³/mol. The third-order valence-electron chi connectivity index (χ3n) is 8.23. The van der Waals surface area contributed by atoms with Crippen molar-refractivity contribution in [2.24, 2.45) is 0 Å². The van der Waals surface area contributed by atoms with Crippen LogP contribution in [-0.2, 0) is 4.79 Å². The summed E-state index contributed by atoms with van der Waals surface area (Å²) in [5.41, 5.74) is 0. The van der Waals surface area contributed by atoms with E-state index in [0.29, 0.717) is 12.8 Å². The first-order valence-electron chi connectivity index (χ1n) is 17.6. The third-order valence-corrected chi connectivity index (χ3v) is 8.23. The number of hydrogen-bond acceptors (Lipinski definition) is 5. The van der Waals surface area contributed by atoms with E-state index in [0.717, 1.165) is 44.9 Å². The van der Waals surface area contributed by atoms with Gasteiger partial charge in [-0.15, -0.1) is 0 Å². The predicted octanol–water partition coefficient (Wildman–Crippen LogP) is 7.89. The van der Waals surface area contributed by atoms with Gasteiger partial charge in [-0.25, -0.2) is 0 Å². The van der Waals surface area contributed by atoms with Gasteiger partial charge in [0.15, 0.2) is 0 Å². The fourth-order valence-electron chi connectivity index (χ4n) is 5.34. The van der Waals surface area contributed by atoms with Crippen LogP contribution in [0, 0.1) is 0 Å². The molecular weight excluding hydrogens is 514 g/mol. The molecule has 244 valence electrons. The Hall–Kier alpha value is -0.950. The van der Waals surface area contributed by atoms with Crippen LogP contribution in [0.25, 0.3) is 0 Å². The summed E-state index contributed by atoms with van der Waals surface area (Å²) < 4.78 is 0. The van der Waals surface area contributed by atoms with Crippen LogP contribution >= 0.6 is 0 Å². The largest absolute Gasteiger partial charge is 0.394 e. The summed E-state index contributed by atoms with van der Waals surface area (Å²) >= 11 is 0. The Balaban J connectivity index is 3.85. The minimum Gasteiger partial charge on any atom is -0.394 e. The molecule has 0 rings (SSSR count). The molecule has 1 amide bonds. The van der Waals surface area contributed by atoms with Crippen molar-refractivity contribution in [2.45, 2.75) is 199 Å². The molecule has 0 heterocycles. The molecule has 0 aliphatic heterocycles. The SMILES string of the molecule is CCCCCC/C=C\CCCCCCCCC(O)C(=O)NC(CO)C(O)C(O)CCCCCCCCCCCCC. The third kappa shape index (κ3) is 25.3. The molecule has 0 radical (unpaired) electrons. The lowest BCUT2D eigenvalue weighted by molar-refractivity contribution is -0.132. The quantitative estimate of drug-likeness (QED) is 0.0421. The zero-order valence-corrected chi connectivity index (χ0v) is 27.0. The van der Waals surface area contributed by atoms with E-state index in [9.17, 15) is 25.2 Å². The molecule has 0 aliphatic rings. The van der Waals surface area contributed by atoms with E-state index in [2.05, 4.69) is 31.3 Å². The van der Waals surface area contributed by atoms with Gasteiger partial charge in [0.05, 0.1) is 18.8 Å². The van der Waals surface area contributed by atoms with Crippen molar-refractivity contribution in [3.8, 4) is 0 Å². The van der Waals surface area contributed by atoms with Crippen LogP contribution in [0.4, 0.5) is 0 Å². The monoisotopic (exact) mass is 584 g/mol. The molecule has 0 aromatic heterocycles. The van der Waals surface area contributed by atoms with Gasteiger partial charge >= 0.3 is 0 Å². The Bertz CT molecular complexity index is 585.